The van der Waals surface area contributed by atoms with Crippen LogP contribution in [0.25, 0.3) is 6.08 Å². The number of benzene rings is 2. The number of amides is 1. The van der Waals surface area contributed by atoms with Gasteiger partial charge in [0.05, 0.1) is 3.57 Å². The van der Waals surface area contributed by atoms with Gasteiger partial charge < -0.3 is 20.3 Å². The molecule has 28 heavy (non-hydrogen) atoms. The van der Waals surface area contributed by atoms with E-state index >= 15 is 0 Å². The zero-order valence-corrected chi connectivity index (χ0v) is 16.9. The zero-order valence-electron chi connectivity index (χ0n) is 14.7. The van der Waals surface area contributed by atoms with Crippen LogP contribution in [0.1, 0.15) is 24.8 Å². The molecule has 0 aliphatic heterocycles. The number of halogens is 1. The van der Waals surface area contributed by atoms with Crippen LogP contribution < -0.4 is 10.1 Å². The lowest BCUT2D eigenvalue weighted by molar-refractivity contribution is -0.137. The lowest BCUT2D eigenvalue weighted by atomic mass is 10.1. The standard InChI is InChI=1S/C20H18INO6/c21-15-4-1-2-5-17(15)28-14-10-8-13(9-11-14)12-16(20(26)27)22-18(23)6-3-7-19(24)25/h1-2,4-5,8-12H,3,6-7H2,(H,22,23)(H,24,25)(H,26,27). The van der Waals surface area contributed by atoms with Crippen molar-refractivity contribution < 1.29 is 29.3 Å². The highest BCUT2D eigenvalue weighted by atomic mass is 127. The lowest BCUT2D eigenvalue weighted by Gasteiger charge is -2.08. The summed E-state index contributed by atoms with van der Waals surface area (Å²) in [5.41, 5.74) is 0.282. The topological polar surface area (TPSA) is 113 Å². The van der Waals surface area contributed by atoms with Gasteiger partial charge in [0.25, 0.3) is 0 Å². The van der Waals surface area contributed by atoms with Crippen molar-refractivity contribution in [1.82, 2.24) is 5.32 Å². The van der Waals surface area contributed by atoms with E-state index < -0.39 is 17.8 Å². The number of carboxylic acid groups (broad SMARTS) is 2. The van der Waals surface area contributed by atoms with Crippen molar-refractivity contribution in [3.63, 3.8) is 0 Å². The quantitative estimate of drug-likeness (QED) is 0.360. The number of para-hydroxylation sites is 1. The molecule has 1 amide bonds. The monoisotopic (exact) mass is 495 g/mol. The van der Waals surface area contributed by atoms with E-state index in [0.29, 0.717) is 17.1 Å². The van der Waals surface area contributed by atoms with Crippen LogP contribution in [0, 0.1) is 3.57 Å². The molecule has 0 unspecified atom stereocenters. The smallest absolute Gasteiger partial charge is 0.352 e. The zero-order chi connectivity index (χ0) is 20.5. The van der Waals surface area contributed by atoms with E-state index in [9.17, 15) is 19.5 Å². The lowest BCUT2D eigenvalue weighted by Crippen LogP contribution is -2.27. The maximum absolute atomic E-state index is 11.8. The van der Waals surface area contributed by atoms with Crippen molar-refractivity contribution in [2.75, 3.05) is 0 Å². The minimum absolute atomic E-state index is 0.0700. The summed E-state index contributed by atoms with van der Waals surface area (Å²) in [7, 11) is 0. The predicted octanol–water partition coefficient (Wildman–Crippen LogP) is 3.88. The fourth-order valence-electron chi connectivity index (χ4n) is 2.22. The molecule has 2 aromatic rings. The normalized spacial score (nSPS) is 11.0. The summed E-state index contributed by atoms with van der Waals surface area (Å²) in [6.07, 6.45) is 1.24. The van der Waals surface area contributed by atoms with Gasteiger partial charge in [-0.1, -0.05) is 24.3 Å². The molecule has 8 heteroatoms. The van der Waals surface area contributed by atoms with Crippen LogP contribution >= 0.6 is 22.6 Å². The van der Waals surface area contributed by atoms with Gasteiger partial charge in [0.2, 0.25) is 5.91 Å². The van der Waals surface area contributed by atoms with Gasteiger partial charge in [0.15, 0.2) is 0 Å². The van der Waals surface area contributed by atoms with Crippen molar-refractivity contribution in [2.24, 2.45) is 0 Å². The molecule has 0 spiro atoms. The molecule has 0 saturated carbocycles. The van der Waals surface area contributed by atoms with Crippen molar-refractivity contribution in [2.45, 2.75) is 19.3 Å². The van der Waals surface area contributed by atoms with Crippen molar-refractivity contribution in [1.29, 1.82) is 0 Å². The van der Waals surface area contributed by atoms with Gasteiger partial charge in [0.1, 0.15) is 17.2 Å². The number of carboxylic acids is 2. The van der Waals surface area contributed by atoms with Gasteiger partial charge in [-0.15, -0.1) is 0 Å². The first-order chi connectivity index (χ1) is 13.3. The third-order valence-electron chi connectivity index (χ3n) is 3.55. The fraction of sp³-hybridized carbons (Fsp3) is 0.150. The highest BCUT2D eigenvalue weighted by Crippen LogP contribution is 2.26. The van der Waals surface area contributed by atoms with E-state index in [-0.39, 0.29) is 25.0 Å². The molecule has 0 fully saturated rings. The van der Waals surface area contributed by atoms with Crippen molar-refractivity contribution in [3.05, 3.63) is 63.4 Å². The minimum Gasteiger partial charge on any atom is -0.481 e. The highest BCUT2D eigenvalue weighted by Gasteiger charge is 2.12. The second kappa shape index (κ2) is 10.5. The number of aliphatic carboxylic acids is 2. The third-order valence-corrected chi connectivity index (χ3v) is 4.45. The Balaban J connectivity index is 2.04. The molecule has 0 bridgehead atoms. The molecule has 0 atom stereocenters. The summed E-state index contributed by atoms with van der Waals surface area (Å²) in [5, 5.41) is 20.1. The van der Waals surface area contributed by atoms with Gasteiger partial charge in [0, 0.05) is 12.8 Å². The van der Waals surface area contributed by atoms with Crippen molar-refractivity contribution >= 4 is 46.5 Å². The molecular formula is C20H18INO6. The molecule has 146 valence electrons. The Bertz CT molecular complexity index is 892. The van der Waals surface area contributed by atoms with Gasteiger partial charge in [-0.05, 0) is 64.9 Å². The maximum atomic E-state index is 11.8. The summed E-state index contributed by atoms with van der Waals surface area (Å²) in [6, 6.07) is 14.3. The predicted molar refractivity (Wildman–Crippen MR) is 111 cm³/mol. The Labute approximate surface area is 175 Å². The van der Waals surface area contributed by atoms with Crippen LogP contribution in [0.2, 0.25) is 0 Å². The first kappa shape index (κ1) is 21.4. The molecule has 3 N–H and O–H groups in total. The molecule has 7 nitrogen and oxygen atoms in total. The molecule has 0 heterocycles. The van der Waals surface area contributed by atoms with Gasteiger partial charge in [-0.2, -0.15) is 0 Å². The maximum Gasteiger partial charge on any atom is 0.352 e. The molecule has 2 aromatic carbocycles. The molecule has 0 aromatic heterocycles. The van der Waals surface area contributed by atoms with Gasteiger partial charge >= 0.3 is 11.9 Å². The average molecular weight is 495 g/mol. The summed E-state index contributed by atoms with van der Waals surface area (Å²) in [5.74, 6) is -1.53. The first-order valence-electron chi connectivity index (χ1n) is 8.34. The average Bonchev–Trinajstić information content (AvgIpc) is 2.64. The molecule has 0 saturated heterocycles. The molecule has 0 radical (unpaired) electrons. The summed E-state index contributed by atoms with van der Waals surface area (Å²) < 4.78 is 6.74. The Morgan fingerprint density at radius 1 is 1.00 bits per heavy atom. The van der Waals surface area contributed by atoms with E-state index in [0.717, 1.165) is 3.57 Å². The number of hydrogen-bond acceptors (Lipinski definition) is 4. The third kappa shape index (κ3) is 7.03. The highest BCUT2D eigenvalue weighted by molar-refractivity contribution is 14.1. The summed E-state index contributed by atoms with van der Waals surface area (Å²) >= 11 is 2.17. The Morgan fingerprint density at radius 2 is 1.68 bits per heavy atom. The number of carbonyl (C=O) groups excluding carboxylic acids is 1. The second-order valence-corrected chi connectivity index (χ2v) is 6.92. The van der Waals surface area contributed by atoms with E-state index in [2.05, 4.69) is 27.9 Å². The molecule has 2 rings (SSSR count). The Kier molecular flexibility index (Phi) is 8.00. The Hall–Kier alpha value is -2.88. The second-order valence-electron chi connectivity index (χ2n) is 5.76. The van der Waals surface area contributed by atoms with E-state index in [1.807, 2.05) is 24.3 Å². The number of ether oxygens (including phenoxy) is 1. The van der Waals surface area contributed by atoms with Gasteiger partial charge in [-0.25, -0.2) is 4.79 Å². The first-order valence-corrected chi connectivity index (χ1v) is 9.42. The number of nitrogens with one attached hydrogen (secondary N) is 1. The minimum atomic E-state index is -1.29. The van der Waals surface area contributed by atoms with E-state index in [1.54, 1.807) is 24.3 Å². The largest absolute Gasteiger partial charge is 0.481 e. The number of rotatable bonds is 9. The molecule has 0 aliphatic rings. The Morgan fingerprint density at radius 3 is 2.29 bits per heavy atom. The SMILES string of the molecule is O=C(O)CCCC(=O)NC(=Cc1ccc(Oc2ccccc2I)cc1)C(=O)O. The molecule has 0 aliphatic carbocycles. The summed E-state index contributed by atoms with van der Waals surface area (Å²) in [4.78, 5) is 33.6. The van der Waals surface area contributed by atoms with Crippen LogP contribution in [0.3, 0.4) is 0 Å². The number of hydrogen-bond donors (Lipinski definition) is 3. The van der Waals surface area contributed by atoms with E-state index in [4.69, 9.17) is 9.84 Å². The molecular weight excluding hydrogens is 477 g/mol. The van der Waals surface area contributed by atoms with Crippen LogP contribution in [0.15, 0.2) is 54.2 Å². The van der Waals surface area contributed by atoms with Gasteiger partial charge in [-0.3, -0.25) is 9.59 Å². The van der Waals surface area contributed by atoms with Crippen molar-refractivity contribution in [3.8, 4) is 11.5 Å². The summed E-state index contributed by atoms with van der Waals surface area (Å²) in [6.45, 7) is 0. The number of carbonyl (C=O) groups is 3. The fourth-order valence-corrected chi connectivity index (χ4v) is 2.71. The van der Waals surface area contributed by atoms with Crippen LogP contribution in [-0.4, -0.2) is 28.1 Å². The van der Waals surface area contributed by atoms with E-state index in [1.165, 1.54) is 6.08 Å². The van der Waals surface area contributed by atoms with Crippen LogP contribution in [0.5, 0.6) is 11.5 Å². The van der Waals surface area contributed by atoms with Crippen LogP contribution in [0.4, 0.5) is 0 Å². The van der Waals surface area contributed by atoms with Crippen LogP contribution in [-0.2, 0) is 14.4 Å².